The van der Waals surface area contributed by atoms with E-state index in [1.807, 2.05) is 27.7 Å². The first-order chi connectivity index (χ1) is 10.7. The molecule has 1 saturated heterocycles. The molecule has 1 aliphatic rings. The average Bonchev–Trinajstić information content (AvgIpc) is 2.74. The van der Waals surface area contributed by atoms with Crippen LogP contribution in [-0.4, -0.2) is 46.0 Å². The van der Waals surface area contributed by atoms with Gasteiger partial charge < -0.3 is 15.4 Å². The van der Waals surface area contributed by atoms with Crippen LogP contribution in [0.25, 0.3) is 0 Å². The zero-order valence-corrected chi connectivity index (χ0v) is 15.1. The molecule has 130 valence electrons. The molecule has 2 rings (SSSR count). The zero-order chi connectivity index (χ0) is 17.2. The van der Waals surface area contributed by atoms with E-state index in [1.165, 1.54) is 11.3 Å². The molecule has 1 amide bonds. The van der Waals surface area contributed by atoms with Gasteiger partial charge in [-0.15, -0.1) is 0 Å². The largest absolute Gasteiger partial charge is 0.444 e. The van der Waals surface area contributed by atoms with Crippen molar-refractivity contribution in [3.05, 3.63) is 17.0 Å². The second-order valence-corrected chi connectivity index (χ2v) is 7.36. The van der Waals surface area contributed by atoms with E-state index in [-0.39, 0.29) is 12.1 Å². The van der Waals surface area contributed by atoms with E-state index >= 15 is 0 Å². The first-order valence-electron chi connectivity index (χ1n) is 8.45. The Morgan fingerprint density at radius 2 is 2.09 bits per heavy atom. The highest BCUT2D eigenvalue weighted by Gasteiger charge is 2.30. The maximum Gasteiger partial charge on any atom is 0.410 e. The van der Waals surface area contributed by atoms with Gasteiger partial charge in [-0.25, -0.2) is 4.79 Å². The Labute approximate surface area is 139 Å². The van der Waals surface area contributed by atoms with Gasteiger partial charge in [-0.3, -0.25) is 4.68 Å². The minimum absolute atomic E-state index is 0.210. The van der Waals surface area contributed by atoms with E-state index in [9.17, 15) is 4.79 Å². The minimum atomic E-state index is -0.462. The third-order valence-corrected chi connectivity index (χ3v) is 4.26. The maximum absolute atomic E-state index is 12.3. The fraction of sp³-hybridized carbons (Fsp3) is 0.765. The Bertz CT molecular complexity index is 560. The number of nitrogens with two attached hydrogens (primary N) is 1. The smallest absolute Gasteiger partial charge is 0.410 e. The summed E-state index contributed by atoms with van der Waals surface area (Å²) < 4.78 is 7.58. The SMILES string of the molecule is Cc1nn(C2CCCN(C(=O)OC(C)(C)C)C2)c(C)c1CCN. The van der Waals surface area contributed by atoms with Crippen LogP contribution in [0.15, 0.2) is 0 Å². The van der Waals surface area contributed by atoms with Crippen LogP contribution in [0.3, 0.4) is 0 Å². The van der Waals surface area contributed by atoms with Gasteiger partial charge in [0.1, 0.15) is 5.60 Å². The highest BCUT2D eigenvalue weighted by Crippen LogP contribution is 2.26. The molecule has 6 heteroatoms. The summed E-state index contributed by atoms with van der Waals surface area (Å²) in [6.45, 7) is 11.8. The van der Waals surface area contributed by atoms with Gasteiger partial charge in [-0.05, 0) is 66.0 Å². The summed E-state index contributed by atoms with van der Waals surface area (Å²) in [5.41, 5.74) is 8.69. The lowest BCUT2D eigenvalue weighted by atomic mass is 10.1. The molecule has 1 aromatic rings. The highest BCUT2D eigenvalue weighted by molar-refractivity contribution is 5.68. The number of hydrogen-bond donors (Lipinski definition) is 1. The number of carbonyl (C=O) groups is 1. The van der Waals surface area contributed by atoms with Crippen molar-refractivity contribution in [1.82, 2.24) is 14.7 Å². The summed E-state index contributed by atoms with van der Waals surface area (Å²) in [6.07, 6.45) is 2.61. The van der Waals surface area contributed by atoms with Crippen LogP contribution in [0.4, 0.5) is 4.79 Å². The molecule has 1 atom stereocenters. The Kier molecular flexibility index (Phi) is 5.34. The molecule has 0 radical (unpaired) electrons. The lowest BCUT2D eigenvalue weighted by molar-refractivity contribution is 0.0166. The van der Waals surface area contributed by atoms with Gasteiger partial charge in [0.2, 0.25) is 0 Å². The second-order valence-electron chi connectivity index (χ2n) is 7.36. The normalized spacial score (nSPS) is 19.0. The lowest BCUT2D eigenvalue weighted by Gasteiger charge is -2.34. The number of nitrogens with zero attached hydrogens (tertiary/aromatic N) is 3. The van der Waals surface area contributed by atoms with Gasteiger partial charge in [0.15, 0.2) is 0 Å². The van der Waals surface area contributed by atoms with Gasteiger partial charge in [-0.1, -0.05) is 0 Å². The molecule has 0 spiro atoms. The van der Waals surface area contributed by atoms with Crippen LogP contribution in [0.5, 0.6) is 0 Å². The fourth-order valence-electron chi connectivity index (χ4n) is 3.21. The third-order valence-electron chi connectivity index (χ3n) is 4.26. The molecule has 0 bridgehead atoms. The predicted molar refractivity (Wildman–Crippen MR) is 90.5 cm³/mol. The van der Waals surface area contributed by atoms with Crippen LogP contribution in [0.2, 0.25) is 0 Å². The first-order valence-corrected chi connectivity index (χ1v) is 8.45. The van der Waals surface area contributed by atoms with Crippen molar-refractivity contribution < 1.29 is 9.53 Å². The van der Waals surface area contributed by atoms with Crippen molar-refractivity contribution in [2.75, 3.05) is 19.6 Å². The van der Waals surface area contributed by atoms with Crippen molar-refractivity contribution in [3.8, 4) is 0 Å². The molecule has 1 unspecified atom stereocenters. The predicted octanol–water partition coefficient (Wildman–Crippen LogP) is 2.57. The summed E-state index contributed by atoms with van der Waals surface area (Å²) in [6, 6.07) is 0.210. The van der Waals surface area contributed by atoms with Crippen molar-refractivity contribution in [2.45, 2.75) is 65.5 Å². The number of likely N-dealkylation sites (tertiary alicyclic amines) is 1. The Hall–Kier alpha value is -1.56. The number of carbonyl (C=O) groups excluding carboxylic acids is 1. The van der Waals surface area contributed by atoms with Crippen LogP contribution in [-0.2, 0) is 11.2 Å². The van der Waals surface area contributed by atoms with Gasteiger partial charge >= 0.3 is 6.09 Å². The maximum atomic E-state index is 12.3. The van der Waals surface area contributed by atoms with Gasteiger partial charge in [-0.2, -0.15) is 5.10 Å². The Balaban J connectivity index is 2.12. The molecular weight excluding hydrogens is 292 g/mol. The topological polar surface area (TPSA) is 73.4 Å². The molecule has 0 aromatic carbocycles. The molecule has 23 heavy (non-hydrogen) atoms. The van der Waals surface area contributed by atoms with E-state index in [2.05, 4.69) is 11.6 Å². The standard InChI is InChI=1S/C17H30N4O2/c1-12-15(8-9-18)13(2)21(19-12)14-7-6-10-20(11-14)16(22)23-17(3,4)5/h14H,6-11,18H2,1-5H3. The number of ether oxygens (including phenoxy) is 1. The van der Waals surface area contributed by atoms with Crippen LogP contribution >= 0.6 is 0 Å². The molecule has 0 saturated carbocycles. The quantitative estimate of drug-likeness (QED) is 0.928. The number of piperidine rings is 1. The van der Waals surface area contributed by atoms with Crippen molar-refractivity contribution >= 4 is 6.09 Å². The number of hydrogen-bond acceptors (Lipinski definition) is 4. The number of aromatic nitrogens is 2. The molecular formula is C17H30N4O2. The van der Waals surface area contributed by atoms with Crippen molar-refractivity contribution in [1.29, 1.82) is 0 Å². The number of rotatable bonds is 3. The second kappa shape index (κ2) is 6.91. The Morgan fingerprint density at radius 3 is 2.70 bits per heavy atom. The number of amides is 1. The molecule has 2 heterocycles. The van der Waals surface area contributed by atoms with E-state index in [4.69, 9.17) is 15.6 Å². The highest BCUT2D eigenvalue weighted by atomic mass is 16.6. The fourth-order valence-corrected chi connectivity index (χ4v) is 3.21. The van der Waals surface area contributed by atoms with Crippen molar-refractivity contribution in [3.63, 3.8) is 0 Å². The van der Waals surface area contributed by atoms with E-state index < -0.39 is 5.60 Å². The monoisotopic (exact) mass is 322 g/mol. The van der Waals surface area contributed by atoms with Gasteiger partial charge in [0.25, 0.3) is 0 Å². The summed E-state index contributed by atoms with van der Waals surface area (Å²) in [7, 11) is 0. The van der Waals surface area contributed by atoms with E-state index in [0.717, 1.165) is 31.5 Å². The van der Waals surface area contributed by atoms with Crippen molar-refractivity contribution in [2.24, 2.45) is 5.73 Å². The average molecular weight is 322 g/mol. The molecule has 1 aliphatic heterocycles. The van der Waals surface area contributed by atoms with Crippen LogP contribution in [0, 0.1) is 13.8 Å². The van der Waals surface area contributed by atoms with E-state index in [1.54, 1.807) is 4.90 Å². The summed E-state index contributed by atoms with van der Waals surface area (Å²) in [5.74, 6) is 0. The summed E-state index contributed by atoms with van der Waals surface area (Å²) >= 11 is 0. The minimum Gasteiger partial charge on any atom is -0.444 e. The van der Waals surface area contributed by atoms with Crippen LogP contribution in [0.1, 0.15) is 56.6 Å². The molecule has 1 fully saturated rings. The third kappa shape index (κ3) is 4.25. The summed E-state index contributed by atoms with van der Waals surface area (Å²) in [5, 5.41) is 4.70. The Morgan fingerprint density at radius 1 is 1.39 bits per heavy atom. The van der Waals surface area contributed by atoms with Crippen LogP contribution < -0.4 is 5.73 Å². The lowest BCUT2D eigenvalue weighted by Crippen LogP contribution is -2.43. The zero-order valence-electron chi connectivity index (χ0n) is 15.1. The molecule has 1 aromatic heterocycles. The number of aryl methyl sites for hydroxylation is 1. The molecule has 6 nitrogen and oxygen atoms in total. The summed E-state index contributed by atoms with van der Waals surface area (Å²) in [4.78, 5) is 14.1. The van der Waals surface area contributed by atoms with Gasteiger partial charge in [0.05, 0.1) is 11.7 Å². The first kappa shape index (κ1) is 17.8. The molecule has 2 N–H and O–H groups in total. The van der Waals surface area contributed by atoms with E-state index in [0.29, 0.717) is 13.1 Å². The van der Waals surface area contributed by atoms with Gasteiger partial charge in [0, 0.05) is 18.8 Å². The molecule has 0 aliphatic carbocycles.